The lowest BCUT2D eigenvalue weighted by Crippen LogP contribution is -2.22. The molecule has 3 amide bonds. The highest BCUT2D eigenvalue weighted by Crippen LogP contribution is 2.19. The van der Waals surface area contributed by atoms with Crippen LogP contribution in [0.15, 0.2) is 42.5 Å². The van der Waals surface area contributed by atoms with Gasteiger partial charge in [-0.15, -0.1) is 0 Å². The molecule has 1 heterocycles. The fourth-order valence-electron chi connectivity index (χ4n) is 3.09. The Morgan fingerprint density at radius 2 is 1.72 bits per heavy atom. The van der Waals surface area contributed by atoms with Crippen molar-refractivity contribution < 1.29 is 14.4 Å². The van der Waals surface area contributed by atoms with Crippen molar-refractivity contribution in [3.8, 4) is 0 Å². The van der Waals surface area contributed by atoms with Gasteiger partial charge in [-0.3, -0.25) is 19.7 Å². The Morgan fingerprint density at radius 1 is 1.08 bits per heavy atom. The van der Waals surface area contributed by atoms with Crippen LogP contribution in [0.2, 0.25) is 0 Å². The highest BCUT2D eigenvalue weighted by molar-refractivity contribution is 6.04. The second-order valence-corrected chi connectivity index (χ2v) is 6.55. The van der Waals surface area contributed by atoms with Gasteiger partial charge < -0.3 is 5.32 Å². The normalized spacial score (nSPS) is 16.6. The lowest BCUT2D eigenvalue weighted by molar-refractivity contribution is -0.125. The molecule has 0 saturated carbocycles. The first kappa shape index (κ1) is 16.9. The van der Waals surface area contributed by atoms with E-state index in [0.29, 0.717) is 17.7 Å². The monoisotopic (exact) mass is 336 g/mol. The molecule has 1 saturated heterocycles. The van der Waals surface area contributed by atoms with Gasteiger partial charge in [-0.1, -0.05) is 29.3 Å². The maximum Gasteiger partial charge on any atom is 0.255 e. The Balaban J connectivity index is 1.65. The fourth-order valence-corrected chi connectivity index (χ4v) is 3.09. The molecule has 5 heteroatoms. The molecule has 1 atom stereocenters. The van der Waals surface area contributed by atoms with Crippen molar-refractivity contribution >= 4 is 23.4 Å². The highest BCUT2D eigenvalue weighted by atomic mass is 16.2. The molecule has 0 aromatic heterocycles. The smallest absolute Gasteiger partial charge is 0.255 e. The summed E-state index contributed by atoms with van der Waals surface area (Å²) in [7, 11) is 0. The molecule has 1 aliphatic heterocycles. The van der Waals surface area contributed by atoms with Crippen LogP contribution in [0.5, 0.6) is 0 Å². The average Bonchev–Trinajstić information content (AvgIpc) is 2.86. The number of hydrogen-bond acceptors (Lipinski definition) is 3. The summed E-state index contributed by atoms with van der Waals surface area (Å²) in [6, 6.07) is 13.1. The number of carbonyl (C=O) groups excluding carboxylic acids is 3. The van der Waals surface area contributed by atoms with Gasteiger partial charge in [0.25, 0.3) is 5.91 Å². The van der Waals surface area contributed by atoms with E-state index in [4.69, 9.17) is 0 Å². The molecule has 128 valence electrons. The van der Waals surface area contributed by atoms with E-state index in [2.05, 4.69) is 10.6 Å². The van der Waals surface area contributed by atoms with E-state index < -0.39 is 0 Å². The SMILES string of the molecule is Cc1cc(C)cc(C(=O)Nc2ccc(C[C@@H]3CC(=O)NC3=O)cc2)c1. The predicted octanol–water partition coefficient (Wildman–Crippen LogP) is 2.76. The zero-order valence-electron chi connectivity index (χ0n) is 14.3. The van der Waals surface area contributed by atoms with Gasteiger partial charge in [-0.05, 0) is 50.1 Å². The second-order valence-electron chi connectivity index (χ2n) is 6.55. The quantitative estimate of drug-likeness (QED) is 0.843. The summed E-state index contributed by atoms with van der Waals surface area (Å²) in [5, 5.41) is 5.19. The maximum atomic E-state index is 12.4. The first-order valence-electron chi connectivity index (χ1n) is 8.23. The van der Waals surface area contributed by atoms with Gasteiger partial charge in [-0.25, -0.2) is 0 Å². The molecule has 3 rings (SSSR count). The van der Waals surface area contributed by atoms with Gasteiger partial charge in [0.05, 0.1) is 5.92 Å². The molecular weight excluding hydrogens is 316 g/mol. The summed E-state index contributed by atoms with van der Waals surface area (Å²) in [5.74, 6) is -0.881. The standard InChI is InChI=1S/C20H20N2O3/c1-12-7-13(2)9-15(8-12)19(24)21-17-5-3-14(4-6-17)10-16-11-18(23)22-20(16)25/h3-9,16H,10-11H2,1-2H3,(H,21,24)(H,22,23,25)/t16-/m1/s1. The van der Waals surface area contributed by atoms with Gasteiger partial charge in [-0.2, -0.15) is 0 Å². The Labute approximate surface area is 146 Å². The molecule has 25 heavy (non-hydrogen) atoms. The van der Waals surface area contributed by atoms with Crippen LogP contribution in [0.3, 0.4) is 0 Å². The molecule has 0 radical (unpaired) electrons. The topological polar surface area (TPSA) is 75.3 Å². The first-order chi connectivity index (χ1) is 11.9. The van der Waals surface area contributed by atoms with Crippen molar-refractivity contribution in [1.82, 2.24) is 5.32 Å². The number of imide groups is 1. The number of hydrogen-bond donors (Lipinski definition) is 2. The number of benzene rings is 2. The molecule has 0 aliphatic carbocycles. The van der Waals surface area contributed by atoms with Gasteiger partial charge in [0, 0.05) is 17.7 Å². The lowest BCUT2D eigenvalue weighted by atomic mass is 9.98. The summed E-state index contributed by atoms with van der Waals surface area (Å²) < 4.78 is 0. The number of amides is 3. The van der Waals surface area contributed by atoms with Crippen molar-refractivity contribution in [2.75, 3.05) is 5.32 Å². The van der Waals surface area contributed by atoms with Crippen LogP contribution in [0, 0.1) is 19.8 Å². The van der Waals surface area contributed by atoms with Crippen LogP contribution in [-0.4, -0.2) is 17.7 Å². The summed E-state index contributed by atoms with van der Waals surface area (Å²) in [6.07, 6.45) is 0.757. The van der Waals surface area contributed by atoms with Crippen LogP contribution in [0.1, 0.15) is 33.5 Å². The first-order valence-corrected chi connectivity index (χ1v) is 8.23. The van der Waals surface area contributed by atoms with Crippen LogP contribution < -0.4 is 10.6 Å². The van der Waals surface area contributed by atoms with Crippen LogP contribution in [0.4, 0.5) is 5.69 Å². The van der Waals surface area contributed by atoms with Gasteiger partial charge >= 0.3 is 0 Å². The molecular formula is C20H20N2O3. The maximum absolute atomic E-state index is 12.4. The van der Waals surface area contributed by atoms with Gasteiger partial charge in [0.2, 0.25) is 11.8 Å². The minimum absolute atomic E-state index is 0.152. The van der Waals surface area contributed by atoms with E-state index in [0.717, 1.165) is 16.7 Å². The third-order valence-electron chi connectivity index (χ3n) is 4.24. The van der Waals surface area contributed by atoms with E-state index in [9.17, 15) is 14.4 Å². The Kier molecular flexibility index (Phi) is 4.65. The van der Waals surface area contributed by atoms with E-state index in [-0.39, 0.29) is 30.1 Å². The van der Waals surface area contributed by atoms with Crippen LogP contribution >= 0.6 is 0 Å². The van der Waals surface area contributed by atoms with Gasteiger partial charge in [0.15, 0.2) is 0 Å². The predicted molar refractivity (Wildman–Crippen MR) is 95.3 cm³/mol. The van der Waals surface area contributed by atoms with Crippen molar-refractivity contribution in [2.24, 2.45) is 5.92 Å². The number of anilines is 1. The fraction of sp³-hybridized carbons (Fsp3) is 0.250. The number of carbonyl (C=O) groups is 3. The molecule has 2 aromatic carbocycles. The summed E-state index contributed by atoms with van der Waals surface area (Å²) in [5.41, 5.74) is 4.37. The Morgan fingerprint density at radius 3 is 2.28 bits per heavy atom. The number of rotatable bonds is 4. The largest absolute Gasteiger partial charge is 0.322 e. The second kappa shape index (κ2) is 6.89. The van der Waals surface area contributed by atoms with E-state index in [1.807, 2.05) is 56.3 Å². The molecule has 1 aliphatic rings. The molecule has 0 bridgehead atoms. The van der Waals surface area contributed by atoms with Crippen molar-refractivity contribution in [3.05, 3.63) is 64.7 Å². The number of aryl methyl sites for hydroxylation is 2. The lowest BCUT2D eigenvalue weighted by Gasteiger charge is -2.09. The summed E-state index contributed by atoms with van der Waals surface area (Å²) in [6.45, 7) is 3.92. The minimum Gasteiger partial charge on any atom is -0.322 e. The van der Waals surface area contributed by atoms with E-state index in [1.165, 1.54) is 0 Å². The zero-order chi connectivity index (χ0) is 18.0. The minimum atomic E-state index is -0.303. The average molecular weight is 336 g/mol. The van der Waals surface area contributed by atoms with Crippen molar-refractivity contribution in [3.63, 3.8) is 0 Å². The summed E-state index contributed by atoms with van der Waals surface area (Å²) >= 11 is 0. The van der Waals surface area contributed by atoms with E-state index >= 15 is 0 Å². The zero-order valence-corrected chi connectivity index (χ0v) is 14.3. The Bertz CT molecular complexity index is 820. The molecule has 2 N–H and O–H groups in total. The molecule has 0 unspecified atom stereocenters. The Hall–Kier alpha value is -2.95. The molecule has 1 fully saturated rings. The van der Waals surface area contributed by atoms with Gasteiger partial charge in [0.1, 0.15) is 0 Å². The third-order valence-corrected chi connectivity index (χ3v) is 4.24. The van der Waals surface area contributed by atoms with Crippen molar-refractivity contribution in [1.29, 1.82) is 0 Å². The third kappa shape index (κ3) is 4.12. The van der Waals surface area contributed by atoms with Crippen molar-refractivity contribution in [2.45, 2.75) is 26.7 Å². The van der Waals surface area contributed by atoms with E-state index in [1.54, 1.807) is 0 Å². The van der Waals surface area contributed by atoms with Crippen LogP contribution in [0.25, 0.3) is 0 Å². The molecule has 5 nitrogen and oxygen atoms in total. The molecule has 0 spiro atoms. The van der Waals surface area contributed by atoms with Crippen LogP contribution in [-0.2, 0) is 16.0 Å². The summed E-state index contributed by atoms with van der Waals surface area (Å²) in [4.78, 5) is 35.2. The number of nitrogens with one attached hydrogen (secondary N) is 2. The molecule has 2 aromatic rings. The highest BCUT2D eigenvalue weighted by Gasteiger charge is 2.30.